The maximum atomic E-state index is 12.3. The van der Waals surface area contributed by atoms with Crippen molar-refractivity contribution in [3.8, 4) is 0 Å². The Bertz CT molecular complexity index is 595. The first kappa shape index (κ1) is 14.9. The normalized spacial score (nSPS) is 20.1. The van der Waals surface area contributed by atoms with E-state index >= 15 is 0 Å². The van der Waals surface area contributed by atoms with Gasteiger partial charge in [-0.2, -0.15) is 12.7 Å². The Balaban J connectivity index is 2.26. The molecule has 0 radical (unpaired) electrons. The van der Waals surface area contributed by atoms with E-state index in [0.717, 1.165) is 4.31 Å². The fourth-order valence-corrected chi connectivity index (χ4v) is 3.54. The summed E-state index contributed by atoms with van der Waals surface area (Å²) in [5, 5.41) is 9.24. The van der Waals surface area contributed by atoms with Crippen LogP contribution in [-0.2, 0) is 28.0 Å². The Labute approximate surface area is 117 Å². The summed E-state index contributed by atoms with van der Waals surface area (Å²) in [5.41, 5.74) is 1.24. The summed E-state index contributed by atoms with van der Waals surface area (Å²) in [5.74, 6) is -1.03. The van der Waals surface area contributed by atoms with Gasteiger partial charge >= 0.3 is 5.97 Å². The molecule has 0 spiro atoms. The quantitative estimate of drug-likeness (QED) is 0.691. The molecule has 8 nitrogen and oxygen atoms in total. The predicted octanol–water partition coefficient (Wildman–Crippen LogP) is -0.289. The van der Waals surface area contributed by atoms with E-state index in [1.54, 1.807) is 0 Å². The molecule has 9 heteroatoms. The van der Waals surface area contributed by atoms with Crippen LogP contribution in [0.4, 0.5) is 0 Å². The van der Waals surface area contributed by atoms with Gasteiger partial charge in [-0.1, -0.05) is 13.8 Å². The second kappa shape index (κ2) is 5.51. The van der Waals surface area contributed by atoms with Crippen LogP contribution in [0.25, 0.3) is 0 Å². The molecule has 1 atom stereocenters. The lowest BCUT2D eigenvalue weighted by Crippen LogP contribution is -2.53. The van der Waals surface area contributed by atoms with Crippen molar-refractivity contribution < 1.29 is 18.3 Å². The fourth-order valence-electron chi connectivity index (χ4n) is 2.03. The number of carbonyl (C=O) groups is 1. The van der Waals surface area contributed by atoms with Crippen LogP contribution in [0.1, 0.15) is 25.2 Å². The van der Waals surface area contributed by atoms with Crippen LogP contribution in [0.5, 0.6) is 0 Å². The third kappa shape index (κ3) is 3.00. The molecule has 0 aromatic carbocycles. The number of aromatic nitrogens is 2. The molecule has 3 N–H and O–H groups in total. The van der Waals surface area contributed by atoms with Crippen LogP contribution >= 0.6 is 0 Å². The number of fused-ring (bicyclic) bond motifs is 1. The van der Waals surface area contributed by atoms with Crippen molar-refractivity contribution in [2.75, 3.05) is 6.54 Å². The minimum atomic E-state index is -3.84. The van der Waals surface area contributed by atoms with Gasteiger partial charge < -0.3 is 10.1 Å². The Morgan fingerprint density at radius 3 is 2.95 bits per heavy atom. The molecule has 0 amide bonds. The summed E-state index contributed by atoms with van der Waals surface area (Å²) < 4.78 is 27.9. The van der Waals surface area contributed by atoms with E-state index in [0.29, 0.717) is 11.4 Å². The van der Waals surface area contributed by atoms with E-state index in [-0.39, 0.29) is 25.4 Å². The Kier molecular flexibility index (Phi) is 4.11. The number of nitrogens with one attached hydrogen (secondary N) is 2. The smallest absolute Gasteiger partial charge is 0.322 e. The lowest BCUT2D eigenvalue weighted by Gasteiger charge is -2.31. The monoisotopic (exact) mass is 302 g/mol. The molecule has 2 heterocycles. The fraction of sp³-hybridized carbons (Fsp3) is 0.636. The first-order valence-electron chi connectivity index (χ1n) is 6.31. The van der Waals surface area contributed by atoms with Crippen LogP contribution in [0, 0.1) is 5.92 Å². The maximum absolute atomic E-state index is 12.3. The third-order valence-corrected chi connectivity index (χ3v) is 4.66. The topological polar surface area (TPSA) is 115 Å². The van der Waals surface area contributed by atoms with E-state index in [1.165, 1.54) is 6.33 Å². The average molecular weight is 302 g/mol. The van der Waals surface area contributed by atoms with Gasteiger partial charge in [-0.3, -0.25) is 4.79 Å². The van der Waals surface area contributed by atoms with Gasteiger partial charge in [-0.05, 0) is 5.92 Å². The first-order chi connectivity index (χ1) is 9.31. The molecule has 112 valence electrons. The molecular formula is C11H18N4O4S. The van der Waals surface area contributed by atoms with Crippen molar-refractivity contribution in [1.29, 1.82) is 0 Å². The molecule has 1 unspecified atom stereocenters. The summed E-state index contributed by atoms with van der Waals surface area (Å²) in [6.07, 6.45) is 1.51. The predicted molar refractivity (Wildman–Crippen MR) is 71.0 cm³/mol. The van der Waals surface area contributed by atoms with Crippen LogP contribution in [0.2, 0.25) is 0 Å². The number of aliphatic carboxylic acids is 1. The standard InChI is InChI=1S/C11H18N4O4S/c1-7(2)4-14-20(18,19)15-5-9-8(12-6-13-9)3-10(15)11(16)17/h6-7,10,14H,3-5H2,1-2H3,(H,12,13)(H,16,17). The molecule has 0 aliphatic carbocycles. The highest BCUT2D eigenvalue weighted by Gasteiger charge is 2.39. The van der Waals surface area contributed by atoms with Gasteiger partial charge in [0, 0.05) is 13.0 Å². The van der Waals surface area contributed by atoms with Crippen LogP contribution in [0.15, 0.2) is 6.33 Å². The van der Waals surface area contributed by atoms with E-state index in [2.05, 4.69) is 14.7 Å². The molecule has 0 saturated carbocycles. The first-order valence-corrected chi connectivity index (χ1v) is 7.75. The lowest BCUT2D eigenvalue weighted by molar-refractivity contribution is -0.141. The molecule has 1 aromatic rings. The number of hydrogen-bond donors (Lipinski definition) is 3. The highest BCUT2D eigenvalue weighted by atomic mass is 32.2. The van der Waals surface area contributed by atoms with Crippen molar-refractivity contribution in [2.24, 2.45) is 5.92 Å². The van der Waals surface area contributed by atoms with Crippen molar-refractivity contribution in [3.05, 3.63) is 17.7 Å². The zero-order valence-corrected chi connectivity index (χ0v) is 12.1. The number of carboxylic acid groups (broad SMARTS) is 1. The van der Waals surface area contributed by atoms with Gasteiger partial charge in [0.25, 0.3) is 10.2 Å². The summed E-state index contributed by atoms with van der Waals surface area (Å²) in [6.45, 7) is 4.00. The van der Waals surface area contributed by atoms with Crippen molar-refractivity contribution in [2.45, 2.75) is 32.9 Å². The van der Waals surface area contributed by atoms with Gasteiger partial charge in [0.2, 0.25) is 0 Å². The van der Waals surface area contributed by atoms with Gasteiger partial charge in [0.1, 0.15) is 6.04 Å². The van der Waals surface area contributed by atoms with Gasteiger partial charge in [-0.25, -0.2) is 9.71 Å². The second-order valence-corrected chi connectivity index (χ2v) is 6.89. The minimum absolute atomic E-state index is 0.0142. The van der Waals surface area contributed by atoms with E-state index < -0.39 is 22.2 Å². The molecule has 0 bridgehead atoms. The van der Waals surface area contributed by atoms with Crippen molar-refractivity contribution in [3.63, 3.8) is 0 Å². The molecule has 1 aliphatic heterocycles. The van der Waals surface area contributed by atoms with Crippen LogP contribution in [0.3, 0.4) is 0 Å². The van der Waals surface area contributed by atoms with Gasteiger partial charge in [0.05, 0.1) is 24.3 Å². The minimum Gasteiger partial charge on any atom is -0.480 e. The number of H-pyrrole nitrogens is 1. The Hall–Kier alpha value is -1.45. The van der Waals surface area contributed by atoms with Crippen molar-refractivity contribution in [1.82, 2.24) is 19.0 Å². The number of carboxylic acids is 1. The SMILES string of the molecule is CC(C)CNS(=O)(=O)N1Cc2[nH]cnc2CC1C(=O)O. The summed E-state index contributed by atoms with van der Waals surface area (Å²) in [7, 11) is -3.84. The number of hydrogen-bond acceptors (Lipinski definition) is 4. The third-order valence-electron chi connectivity index (χ3n) is 3.12. The molecule has 1 aliphatic rings. The number of rotatable bonds is 5. The zero-order valence-electron chi connectivity index (χ0n) is 11.3. The average Bonchev–Trinajstić information content (AvgIpc) is 2.82. The highest BCUT2D eigenvalue weighted by Crippen LogP contribution is 2.23. The summed E-state index contributed by atoms with van der Waals surface area (Å²) >= 11 is 0. The van der Waals surface area contributed by atoms with E-state index in [9.17, 15) is 18.3 Å². The number of aromatic amines is 1. The Morgan fingerprint density at radius 1 is 1.65 bits per heavy atom. The van der Waals surface area contributed by atoms with Crippen LogP contribution in [-0.4, -0.2) is 46.4 Å². The molecule has 0 saturated heterocycles. The molecular weight excluding hydrogens is 284 g/mol. The molecule has 1 aromatic heterocycles. The maximum Gasteiger partial charge on any atom is 0.322 e. The summed E-state index contributed by atoms with van der Waals surface area (Å²) in [4.78, 5) is 18.2. The molecule has 0 fully saturated rings. The van der Waals surface area contributed by atoms with E-state index in [1.807, 2.05) is 13.8 Å². The number of imidazole rings is 1. The second-order valence-electron chi connectivity index (χ2n) is 5.18. The van der Waals surface area contributed by atoms with Gasteiger partial charge in [0.15, 0.2) is 0 Å². The van der Waals surface area contributed by atoms with Crippen molar-refractivity contribution >= 4 is 16.2 Å². The highest BCUT2D eigenvalue weighted by molar-refractivity contribution is 7.87. The summed E-state index contributed by atoms with van der Waals surface area (Å²) in [6, 6.07) is -1.13. The largest absolute Gasteiger partial charge is 0.480 e. The van der Waals surface area contributed by atoms with Gasteiger partial charge in [-0.15, -0.1) is 0 Å². The molecule has 20 heavy (non-hydrogen) atoms. The zero-order chi connectivity index (χ0) is 14.9. The lowest BCUT2D eigenvalue weighted by atomic mass is 10.1. The van der Waals surface area contributed by atoms with Crippen LogP contribution < -0.4 is 4.72 Å². The Morgan fingerprint density at radius 2 is 2.35 bits per heavy atom. The molecule has 2 rings (SSSR count). The van der Waals surface area contributed by atoms with E-state index in [4.69, 9.17) is 0 Å². The number of nitrogens with zero attached hydrogens (tertiary/aromatic N) is 2.